The molecule has 2 amide bonds. The van der Waals surface area contributed by atoms with E-state index < -0.39 is 0 Å². The van der Waals surface area contributed by atoms with Crippen molar-refractivity contribution in [1.29, 1.82) is 0 Å². The molecule has 0 bridgehead atoms. The Balaban J connectivity index is 1.82. The standard InChI is InChI=1S/C14H13BrN2O2S2/c1-9(20-10-5-3-2-4-6-10)13(18)16-17-14(19)11-7-8-12(15)21-11/h2-9H,1H3,(H,16,18)(H,17,19). The first-order valence-corrected chi connectivity index (χ1v) is 8.62. The summed E-state index contributed by atoms with van der Waals surface area (Å²) in [5.74, 6) is -0.566. The summed E-state index contributed by atoms with van der Waals surface area (Å²) in [6.45, 7) is 1.79. The molecule has 7 heteroatoms. The first-order chi connectivity index (χ1) is 10.1. The van der Waals surface area contributed by atoms with Crippen LogP contribution in [0.25, 0.3) is 0 Å². The van der Waals surface area contributed by atoms with Crippen LogP contribution in [0.15, 0.2) is 51.1 Å². The number of hydrogen-bond acceptors (Lipinski definition) is 4. The maximum absolute atomic E-state index is 11.9. The molecule has 0 aliphatic carbocycles. The molecule has 0 spiro atoms. The highest BCUT2D eigenvalue weighted by molar-refractivity contribution is 9.11. The Morgan fingerprint density at radius 1 is 1.14 bits per heavy atom. The van der Waals surface area contributed by atoms with Crippen molar-refractivity contribution in [1.82, 2.24) is 10.9 Å². The van der Waals surface area contributed by atoms with Crippen LogP contribution < -0.4 is 10.9 Å². The summed E-state index contributed by atoms with van der Waals surface area (Å²) in [6, 6.07) is 13.1. The van der Waals surface area contributed by atoms with Crippen molar-refractivity contribution in [2.75, 3.05) is 0 Å². The fraction of sp³-hybridized carbons (Fsp3) is 0.143. The zero-order valence-corrected chi connectivity index (χ0v) is 14.3. The van der Waals surface area contributed by atoms with Gasteiger partial charge in [0, 0.05) is 4.90 Å². The highest BCUT2D eigenvalue weighted by atomic mass is 79.9. The molecule has 0 fully saturated rings. The largest absolute Gasteiger partial charge is 0.279 e. The lowest BCUT2D eigenvalue weighted by Crippen LogP contribution is -2.44. The number of amides is 2. The summed E-state index contributed by atoms with van der Waals surface area (Å²) in [4.78, 5) is 25.3. The van der Waals surface area contributed by atoms with Crippen molar-refractivity contribution < 1.29 is 9.59 Å². The monoisotopic (exact) mass is 384 g/mol. The van der Waals surface area contributed by atoms with E-state index in [1.54, 1.807) is 19.1 Å². The molecule has 0 saturated heterocycles. The minimum atomic E-state index is -0.323. The summed E-state index contributed by atoms with van der Waals surface area (Å²) in [5, 5.41) is -0.303. The Kier molecular flexibility index (Phi) is 5.84. The average molecular weight is 385 g/mol. The van der Waals surface area contributed by atoms with Crippen LogP contribution in [-0.2, 0) is 4.79 Å². The Morgan fingerprint density at radius 3 is 2.48 bits per heavy atom. The molecule has 1 heterocycles. The molecule has 110 valence electrons. The van der Waals surface area contributed by atoms with Crippen LogP contribution in [0.2, 0.25) is 0 Å². The third kappa shape index (κ3) is 4.87. The van der Waals surface area contributed by atoms with E-state index in [0.717, 1.165) is 8.68 Å². The SMILES string of the molecule is CC(Sc1ccccc1)C(=O)NNC(=O)c1ccc(Br)s1. The topological polar surface area (TPSA) is 58.2 Å². The van der Waals surface area contributed by atoms with Crippen LogP contribution in [0.1, 0.15) is 16.6 Å². The van der Waals surface area contributed by atoms with Crippen LogP contribution >= 0.6 is 39.0 Å². The number of carbonyl (C=O) groups excluding carboxylic acids is 2. The molecule has 0 aliphatic rings. The highest BCUT2D eigenvalue weighted by Crippen LogP contribution is 2.23. The molecule has 4 nitrogen and oxygen atoms in total. The first-order valence-electron chi connectivity index (χ1n) is 6.13. The number of thiophene rings is 1. The van der Waals surface area contributed by atoms with Gasteiger partial charge in [0.1, 0.15) is 0 Å². The lowest BCUT2D eigenvalue weighted by Gasteiger charge is -2.12. The van der Waals surface area contributed by atoms with E-state index in [-0.39, 0.29) is 17.1 Å². The Hall–Kier alpha value is -1.31. The van der Waals surface area contributed by atoms with E-state index in [9.17, 15) is 9.59 Å². The van der Waals surface area contributed by atoms with Crippen molar-refractivity contribution in [3.63, 3.8) is 0 Å². The van der Waals surface area contributed by atoms with E-state index in [4.69, 9.17) is 0 Å². The van der Waals surface area contributed by atoms with Gasteiger partial charge in [-0.15, -0.1) is 23.1 Å². The first kappa shape index (κ1) is 16.1. The van der Waals surface area contributed by atoms with Gasteiger partial charge in [0.05, 0.1) is 13.9 Å². The smallest absolute Gasteiger partial charge is 0.272 e. The van der Waals surface area contributed by atoms with Crippen LogP contribution in [0.3, 0.4) is 0 Å². The molecule has 1 aromatic heterocycles. The number of thioether (sulfide) groups is 1. The van der Waals surface area contributed by atoms with E-state index in [1.165, 1.54) is 23.1 Å². The number of rotatable bonds is 4. The molecule has 21 heavy (non-hydrogen) atoms. The van der Waals surface area contributed by atoms with Crippen LogP contribution in [0.4, 0.5) is 0 Å². The van der Waals surface area contributed by atoms with Crippen molar-refractivity contribution in [2.45, 2.75) is 17.1 Å². The number of nitrogens with one attached hydrogen (secondary N) is 2. The predicted octanol–water partition coefficient (Wildman–Crippen LogP) is 3.45. The molecule has 1 atom stereocenters. The average Bonchev–Trinajstić information content (AvgIpc) is 2.92. The van der Waals surface area contributed by atoms with Crippen LogP contribution in [0.5, 0.6) is 0 Å². The van der Waals surface area contributed by atoms with Crippen molar-refractivity contribution in [3.8, 4) is 0 Å². The minimum absolute atomic E-state index is 0.243. The maximum atomic E-state index is 11.9. The van der Waals surface area contributed by atoms with Gasteiger partial charge in [-0.1, -0.05) is 18.2 Å². The van der Waals surface area contributed by atoms with Gasteiger partial charge in [-0.05, 0) is 47.1 Å². The number of hydrogen-bond donors (Lipinski definition) is 2. The number of halogens is 1. The lowest BCUT2D eigenvalue weighted by atomic mass is 10.4. The molecule has 0 saturated carbocycles. The van der Waals surface area contributed by atoms with Gasteiger partial charge in [0.15, 0.2) is 0 Å². The minimum Gasteiger partial charge on any atom is -0.272 e. The molecule has 1 unspecified atom stereocenters. The molecular weight excluding hydrogens is 372 g/mol. The molecule has 2 rings (SSSR count). The van der Waals surface area contributed by atoms with E-state index >= 15 is 0 Å². The number of carbonyl (C=O) groups is 2. The number of hydrazine groups is 1. The van der Waals surface area contributed by atoms with E-state index in [2.05, 4.69) is 26.8 Å². The van der Waals surface area contributed by atoms with Gasteiger partial charge in [0.25, 0.3) is 11.8 Å². The molecule has 2 N–H and O–H groups in total. The summed E-state index contributed by atoms with van der Waals surface area (Å²) >= 11 is 6.03. The van der Waals surface area contributed by atoms with Gasteiger partial charge in [-0.25, -0.2) is 0 Å². The lowest BCUT2D eigenvalue weighted by molar-refractivity contribution is -0.121. The third-order valence-corrected chi connectivity index (χ3v) is 5.26. The van der Waals surface area contributed by atoms with E-state index in [1.807, 2.05) is 30.3 Å². The fourth-order valence-corrected chi connectivity index (χ4v) is 3.64. The summed E-state index contributed by atoms with van der Waals surface area (Å²) in [7, 11) is 0. The Labute approximate surface area is 139 Å². The maximum Gasteiger partial charge on any atom is 0.279 e. The van der Waals surface area contributed by atoms with Gasteiger partial charge < -0.3 is 0 Å². The Bertz CT molecular complexity index is 631. The van der Waals surface area contributed by atoms with Gasteiger partial charge in [0.2, 0.25) is 0 Å². The molecule has 2 aromatic rings. The van der Waals surface area contributed by atoms with Gasteiger partial charge in [-0.2, -0.15) is 0 Å². The number of benzene rings is 1. The van der Waals surface area contributed by atoms with Crippen LogP contribution in [-0.4, -0.2) is 17.1 Å². The quantitative estimate of drug-likeness (QED) is 0.626. The van der Waals surface area contributed by atoms with Crippen molar-refractivity contribution >= 4 is 50.8 Å². The highest BCUT2D eigenvalue weighted by Gasteiger charge is 2.16. The zero-order chi connectivity index (χ0) is 15.2. The van der Waals surface area contributed by atoms with Gasteiger partial charge in [-0.3, -0.25) is 20.4 Å². The molecule has 1 aromatic carbocycles. The third-order valence-electron chi connectivity index (χ3n) is 2.52. The van der Waals surface area contributed by atoms with Crippen molar-refractivity contribution in [2.24, 2.45) is 0 Å². The molecule has 0 aliphatic heterocycles. The Morgan fingerprint density at radius 2 is 1.86 bits per heavy atom. The zero-order valence-electron chi connectivity index (χ0n) is 11.1. The van der Waals surface area contributed by atoms with Crippen LogP contribution in [0, 0.1) is 0 Å². The second-order valence-electron chi connectivity index (χ2n) is 4.12. The predicted molar refractivity (Wildman–Crippen MR) is 89.4 cm³/mol. The van der Waals surface area contributed by atoms with E-state index in [0.29, 0.717) is 4.88 Å². The fourth-order valence-electron chi connectivity index (χ4n) is 1.47. The molecular formula is C14H13BrN2O2S2. The summed E-state index contributed by atoms with van der Waals surface area (Å²) in [6.07, 6.45) is 0. The summed E-state index contributed by atoms with van der Waals surface area (Å²) in [5.41, 5.74) is 4.86. The second-order valence-corrected chi connectivity index (χ2v) is 8.00. The molecule has 0 radical (unpaired) electrons. The normalized spacial score (nSPS) is 11.7. The van der Waals surface area contributed by atoms with Gasteiger partial charge >= 0.3 is 0 Å². The second kappa shape index (κ2) is 7.63. The summed E-state index contributed by atoms with van der Waals surface area (Å²) < 4.78 is 0.868. The van der Waals surface area contributed by atoms with Crippen molar-refractivity contribution in [3.05, 3.63) is 51.1 Å².